The van der Waals surface area contributed by atoms with E-state index in [0.29, 0.717) is 37.6 Å². The fourth-order valence-corrected chi connectivity index (χ4v) is 4.97. The highest BCUT2D eigenvalue weighted by Gasteiger charge is 2.38. The first-order chi connectivity index (χ1) is 14.8. The number of hydrogen-bond donors (Lipinski definition) is 0. The Morgan fingerprint density at radius 1 is 1.06 bits per heavy atom. The number of hydrogen-bond acceptors (Lipinski definition) is 6. The molecule has 2 heterocycles. The first kappa shape index (κ1) is 21.3. The molecule has 0 aromatic heterocycles. The fraction of sp³-hybridized carbons (Fsp3) is 0.409. The lowest BCUT2D eigenvalue weighted by Crippen LogP contribution is -2.56. The van der Waals surface area contributed by atoms with Crippen molar-refractivity contribution in [1.82, 2.24) is 4.90 Å². The molecule has 0 spiro atoms. The number of amides is 1. The van der Waals surface area contributed by atoms with Gasteiger partial charge in [0.2, 0.25) is 10.0 Å². The number of carbonyl (C=O) groups is 1. The number of carbonyl (C=O) groups excluding carboxylic acids is 1. The zero-order valence-corrected chi connectivity index (χ0v) is 18.8. The molecule has 1 amide bonds. The molecule has 2 aromatic carbocycles. The average molecular weight is 446 g/mol. The molecule has 166 valence electrons. The Morgan fingerprint density at radius 3 is 2.45 bits per heavy atom. The van der Waals surface area contributed by atoms with Crippen molar-refractivity contribution in [3.05, 3.63) is 48.0 Å². The van der Waals surface area contributed by atoms with E-state index < -0.39 is 16.1 Å². The van der Waals surface area contributed by atoms with Crippen LogP contribution < -0.4 is 18.7 Å². The number of nitrogens with zero attached hydrogens (tertiary/aromatic N) is 3. The van der Waals surface area contributed by atoms with Gasteiger partial charge in [0, 0.05) is 26.2 Å². The molecule has 2 aromatic rings. The highest BCUT2D eigenvalue weighted by Crippen LogP contribution is 2.36. The molecule has 2 aliphatic rings. The zero-order chi connectivity index (χ0) is 22.2. The van der Waals surface area contributed by atoms with Crippen molar-refractivity contribution in [2.75, 3.05) is 55.3 Å². The van der Waals surface area contributed by atoms with E-state index in [0.717, 1.165) is 23.3 Å². The zero-order valence-electron chi connectivity index (χ0n) is 17.9. The van der Waals surface area contributed by atoms with Crippen LogP contribution in [0.3, 0.4) is 0 Å². The Bertz CT molecular complexity index is 1080. The lowest BCUT2D eigenvalue weighted by molar-refractivity contribution is -0.138. The summed E-state index contributed by atoms with van der Waals surface area (Å²) in [7, 11) is -1.90. The monoisotopic (exact) mass is 445 g/mol. The largest absolute Gasteiger partial charge is 0.495 e. The van der Waals surface area contributed by atoms with Crippen LogP contribution in [0.1, 0.15) is 5.56 Å². The van der Waals surface area contributed by atoms with Crippen LogP contribution in [0.2, 0.25) is 0 Å². The number of anilines is 2. The van der Waals surface area contributed by atoms with Gasteiger partial charge in [0.15, 0.2) is 6.10 Å². The number of aryl methyl sites for hydroxylation is 1. The maximum absolute atomic E-state index is 13.2. The van der Waals surface area contributed by atoms with Crippen molar-refractivity contribution < 1.29 is 22.7 Å². The molecule has 0 saturated carbocycles. The topological polar surface area (TPSA) is 79.4 Å². The highest BCUT2D eigenvalue weighted by atomic mass is 32.2. The lowest BCUT2D eigenvalue weighted by atomic mass is 10.1. The van der Waals surface area contributed by atoms with Gasteiger partial charge in [-0.1, -0.05) is 18.2 Å². The Balaban J connectivity index is 1.48. The average Bonchev–Trinajstić information content (AvgIpc) is 2.77. The molecule has 0 N–H and O–H groups in total. The van der Waals surface area contributed by atoms with Crippen LogP contribution in [-0.4, -0.2) is 71.4 Å². The Hall–Kier alpha value is -2.94. The standard InChI is InChI=1S/C22H27N3O5S/c1-16-8-9-20-18(14-16)25(31(3,27)28)15-21(30-20)22(26)24-12-10-23(11-13-24)17-6-4-5-7-19(17)29-2/h4-9,14,21H,10-13,15H2,1-3H3/t21-/m1/s1. The summed E-state index contributed by atoms with van der Waals surface area (Å²) in [6.07, 6.45) is 0.278. The second kappa shape index (κ2) is 8.30. The number of ether oxygens (including phenoxy) is 2. The molecule has 9 heteroatoms. The van der Waals surface area contributed by atoms with Crippen LogP contribution in [0.5, 0.6) is 11.5 Å². The van der Waals surface area contributed by atoms with E-state index in [4.69, 9.17) is 9.47 Å². The summed E-state index contributed by atoms with van der Waals surface area (Å²) >= 11 is 0. The number of piperazine rings is 1. The second-order valence-corrected chi connectivity index (χ2v) is 9.76. The van der Waals surface area contributed by atoms with Gasteiger partial charge in [0.05, 0.1) is 31.3 Å². The summed E-state index contributed by atoms with van der Waals surface area (Å²) in [5.74, 6) is 1.02. The Kier molecular flexibility index (Phi) is 5.70. The quantitative estimate of drug-likeness (QED) is 0.715. The van der Waals surface area contributed by atoms with Crippen LogP contribution in [0.15, 0.2) is 42.5 Å². The van der Waals surface area contributed by atoms with Crippen molar-refractivity contribution in [2.24, 2.45) is 0 Å². The minimum absolute atomic E-state index is 0.0269. The number of rotatable bonds is 4. The Morgan fingerprint density at radius 2 is 1.77 bits per heavy atom. The van der Waals surface area contributed by atoms with Crippen LogP contribution in [0, 0.1) is 6.92 Å². The second-order valence-electron chi connectivity index (χ2n) is 7.86. The minimum Gasteiger partial charge on any atom is -0.495 e. The van der Waals surface area contributed by atoms with E-state index in [2.05, 4.69) is 4.90 Å². The number of para-hydroxylation sites is 2. The van der Waals surface area contributed by atoms with E-state index in [1.54, 1.807) is 24.1 Å². The summed E-state index contributed by atoms with van der Waals surface area (Å²) in [6.45, 7) is 4.22. The summed E-state index contributed by atoms with van der Waals surface area (Å²) in [5, 5.41) is 0. The van der Waals surface area contributed by atoms with Crippen LogP contribution >= 0.6 is 0 Å². The molecule has 0 unspecified atom stereocenters. The van der Waals surface area contributed by atoms with Gasteiger partial charge < -0.3 is 19.3 Å². The summed E-state index contributed by atoms with van der Waals surface area (Å²) in [4.78, 5) is 17.1. The molecule has 0 aliphatic carbocycles. The van der Waals surface area contributed by atoms with Crippen LogP contribution in [0.25, 0.3) is 0 Å². The molecular formula is C22H27N3O5S. The van der Waals surface area contributed by atoms with Crippen molar-refractivity contribution in [3.8, 4) is 11.5 Å². The van der Waals surface area contributed by atoms with E-state index in [9.17, 15) is 13.2 Å². The summed E-state index contributed by atoms with van der Waals surface area (Å²) in [5.41, 5.74) is 2.40. The molecular weight excluding hydrogens is 418 g/mol. The normalized spacial score (nSPS) is 18.9. The molecule has 1 atom stereocenters. The van der Waals surface area contributed by atoms with E-state index in [1.807, 2.05) is 37.3 Å². The fourth-order valence-electron chi connectivity index (χ4n) is 4.07. The predicted octanol–water partition coefficient (Wildman–Crippen LogP) is 1.88. The van der Waals surface area contributed by atoms with E-state index >= 15 is 0 Å². The van der Waals surface area contributed by atoms with Gasteiger partial charge in [-0.15, -0.1) is 0 Å². The van der Waals surface area contributed by atoms with Gasteiger partial charge in [0.25, 0.3) is 5.91 Å². The van der Waals surface area contributed by atoms with Crippen molar-refractivity contribution in [3.63, 3.8) is 0 Å². The first-order valence-electron chi connectivity index (χ1n) is 10.2. The van der Waals surface area contributed by atoms with Crippen molar-refractivity contribution >= 4 is 27.3 Å². The third-order valence-corrected chi connectivity index (χ3v) is 6.82. The molecule has 0 radical (unpaired) electrons. The third kappa shape index (κ3) is 4.27. The van der Waals surface area contributed by atoms with Gasteiger partial charge in [-0.05, 0) is 36.8 Å². The SMILES string of the molecule is COc1ccccc1N1CCN(C(=O)[C@H]2CN(S(C)(=O)=O)c3cc(C)ccc3O2)CC1. The van der Waals surface area contributed by atoms with Gasteiger partial charge in [-0.3, -0.25) is 9.10 Å². The number of methoxy groups -OCH3 is 1. The molecule has 8 nitrogen and oxygen atoms in total. The predicted molar refractivity (Wildman–Crippen MR) is 120 cm³/mol. The number of sulfonamides is 1. The maximum atomic E-state index is 13.2. The molecule has 1 fully saturated rings. The molecule has 2 aliphatic heterocycles. The summed E-state index contributed by atoms with van der Waals surface area (Å²) < 4.78 is 37.4. The van der Waals surface area contributed by atoms with Crippen molar-refractivity contribution in [1.29, 1.82) is 0 Å². The minimum atomic E-state index is -3.55. The molecule has 1 saturated heterocycles. The Labute approximate surface area is 183 Å². The molecule has 4 rings (SSSR count). The lowest BCUT2D eigenvalue weighted by Gasteiger charge is -2.40. The van der Waals surface area contributed by atoms with Crippen LogP contribution in [-0.2, 0) is 14.8 Å². The van der Waals surface area contributed by atoms with Crippen molar-refractivity contribution in [2.45, 2.75) is 13.0 Å². The smallest absolute Gasteiger partial charge is 0.265 e. The van der Waals surface area contributed by atoms with Gasteiger partial charge in [-0.2, -0.15) is 0 Å². The maximum Gasteiger partial charge on any atom is 0.265 e. The summed E-state index contributed by atoms with van der Waals surface area (Å²) in [6, 6.07) is 13.1. The third-order valence-electron chi connectivity index (χ3n) is 5.68. The van der Waals surface area contributed by atoms with Gasteiger partial charge >= 0.3 is 0 Å². The van der Waals surface area contributed by atoms with E-state index in [-0.39, 0.29) is 12.5 Å². The molecule has 31 heavy (non-hydrogen) atoms. The van der Waals surface area contributed by atoms with Gasteiger partial charge in [-0.25, -0.2) is 8.42 Å². The first-order valence-corrected chi connectivity index (χ1v) is 12.0. The number of benzene rings is 2. The molecule has 0 bridgehead atoms. The number of fused-ring (bicyclic) bond motifs is 1. The van der Waals surface area contributed by atoms with E-state index in [1.165, 1.54) is 4.31 Å². The van der Waals surface area contributed by atoms with Gasteiger partial charge in [0.1, 0.15) is 11.5 Å². The van der Waals surface area contributed by atoms with Crippen LogP contribution in [0.4, 0.5) is 11.4 Å². The highest BCUT2D eigenvalue weighted by molar-refractivity contribution is 7.92.